The molecule has 0 aromatic heterocycles. The van der Waals surface area contributed by atoms with Crippen LogP contribution in [0.3, 0.4) is 0 Å². The van der Waals surface area contributed by atoms with Crippen LogP contribution in [0.1, 0.15) is 44.7 Å². The van der Waals surface area contributed by atoms with Crippen molar-refractivity contribution in [1.29, 1.82) is 0 Å². The highest BCUT2D eigenvalue weighted by Gasteiger charge is 2.24. The summed E-state index contributed by atoms with van der Waals surface area (Å²) >= 11 is 0. The highest BCUT2D eigenvalue weighted by atomic mass is 16.5. The van der Waals surface area contributed by atoms with Gasteiger partial charge in [-0.3, -0.25) is 0 Å². The van der Waals surface area contributed by atoms with Crippen molar-refractivity contribution in [2.45, 2.75) is 39.2 Å². The summed E-state index contributed by atoms with van der Waals surface area (Å²) in [5.74, 6) is 1.96. The van der Waals surface area contributed by atoms with Crippen LogP contribution in [0.25, 0.3) is 0 Å². The number of benzene rings is 1. The Balaban J connectivity index is 2.05. The van der Waals surface area contributed by atoms with Gasteiger partial charge in [0.05, 0.1) is 6.61 Å². The summed E-state index contributed by atoms with van der Waals surface area (Å²) in [4.78, 5) is 2.47. The molecule has 1 aliphatic rings. The van der Waals surface area contributed by atoms with Crippen LogP contribution in [-0.2, 0) is 0 Å². The molecule has 0 saturated heterocycles. The van der Waals surface area contributed by atoms with Gasteiger partial charge in [0.1, 0.15) is 5.75 Å². The quantitative estimate of drug-likeness (QED) is 0.714. The van der Waals surface area contributed by atoms with E-state index in [1.165, 1.54) is 24.9 Å². The zero-order chi connectivity index (χ0) is 15.1. The number of ether oxygens (including phenoxy) is 1. The summed E-state index contributed by atoms with van der Waals surface area (Å²) in [6, 6.07) is 8.79. The molecule has 1 fully saturated rings. The van der Waals surface area contributed by atoms with Gasteiger partial charge in [-0.2, -0.15) is 0 Å². The van der Waals surface area contributed by atoms with Gasteiger partial charge in [-0.05, 0) is 51.8 Å². The van der Waals surface area contributed by atoms with Crippen molar-refractivity contribution in [2.75, 3.05) is 33.3 Å². The Kier molecular flexibility index (Phi) is 6.52. The van der Waals surface area contributed by atoms with Crippen molar-refractivity contribution >= 4 is 0 Å². The third kappa shape index (κ3) is 5.33. The van der Waals surface area contributed by atoms with Crippen molar-refractivity contribution in [2.24, 2.45) is 5.92 Å². The summed E-state index contributed by atoms with van der Waals surface area (Å²) in [7, 11) is 2.24. The van der Waals surface area contributed by atoms with E-state index in [4.69, 9.17) is 4.74 Å². The van der Waals surface area contributed by atoms with Crippen LogP contribution < -0.4 is 10.1 Å². The van der Waals surface area contributed by atoms with Gasteiger partial charge in [0.2, 0.25) is 0 Å². The lowest BCUT2D eigenvalue weighted by Gasteiger charge is -2.27. The lowest BCUT2D eigenvalue weighted by molar-refractivity contribution is 0.272. The Morgan fingerprint density at radius 3 is 2.71 bits per heavy atom. The molecule has 1 aromatic rings. The number of hydrogen-bond donors (Lipinski definition) is 1. The molecule has 1 aromatic carbocycles. The fourth-order valence-corrected chi connectivity index (χ4v) is 2.77. The fraction of sp³-hybridized carbons (Fsp3) is 0.667. The van der Waals surface area contributed by atoms with Crippen LogP contribution in [0.2, 0.25) is 0 Å². The number of hydrogen-bond acceptors (Lipinski definition) is 3. The number of rotatable bonds is 10. The average Bonchev–Trinajstić information content (AvgIpc) is 3.28. The SMILES string of the molecule is CCCNC(CN(C)CC1CC1)c1ccccc1OCC. The molecule has 0 bridgehead atoms. The molecule has 0 spiro atoms. The van der Waals surface area contributed by atoms with Crippen molar-refractivity contribution < 1.29 is 4.74 Å². The Morgan fingerprint density at radius 1 is 1.29 bits per heavy atom. The zero-order valence-electron chi connectivity index (χ0n) is 13.8. The molecular formula is C18H30N2O. The highest BCUT2D eigenvalue weighted by molar-refractivity contribution is 5.36. The standard InChI is InChI=1S/C18H30N2O/c1-4-12-19-17(14-20(3)13-15-10-11-15)16-8-6-7-9-18(16)21-5-2/h6-9,15,17,19H,4-5,10-14H2,1-3H3. The zero-order valence-corrected chi connectivity index (χ0v) is 13.8. The smallest absolute Gasteiger partial charge is 0.124 e. The van der Waals surface area contributed by atoms with Gasteiger partial charge in [-0.25, -0.2) is 0 Å². The highest BCUT2D eigenvalue weighted by Crippen LogP contribution is 2.31. The Bertz CT molecular complexity index is 417. The molecule has 3 nitrogen and oxygen atoms in total. The first-order valence-electron chi connectivity index (χ1n) is 8.38. The summed E-state index contributed by atoms with van der Waals surface area (Å²) < 4.78 is 5.81. The lowest BCUT2D eigenvalue weighted by atomic mass is 10.0. The molecule has 1 unspecified atom stereocenters. The van der Waals surface area contributed by atoms with Gasteiger partial charge in [0, 0.05) is 24.7 Å². The maximum absolute atomic E-state index is 5.81. The topological polar surface area (TPSA) is 24.5 Å². The van der Waals surface area contributed by atoms with E-state index in [9.17, 15) is 0 Å². The second-order valence-corrected chi connectivity index (χ2v) is 6.14. The normalized spacial score (nSPS) is 16.2. The van der Waals surface area contributed by atoms with Gasteiger partial charge in [-0.15, -0.1) is 0 Å². The second-order valence-electron chi connectivity index (χ2n) is 6.14. The summed E-state index contributed by atoms with van der Waals surface area (Å²) in [6.07, 6.45) is 3.97. The third-order valence-corrected chi connectivity index (χ3v) is 4.00. The van der Waals surface area contributed by atoms with E-state index in [1.54, 1.807) is 0 Å². The van der Waals surface area contributed by atoms with Gasteiger partial charge < -0.3 is 15.0 Å². The average molecular weight is 290 g/mol. The first-order chi connectivity index (χ1) is 10.2. The number of nitrogens with zero attached hydrogens (tertiary/aromatic N) is 1. The molecule has 1 N–H and O–H groups in total. The summed E-state index contributed by atoms with van der Waals surface area (Å²) in [6.45, 7) is 8.29. The predicted molar refractivity (Wildman–Crippen MR) is 88.9 cm³/mol. The molecule has 1 aliphatic carbocycles. The van der Waals surface area contributed by atoms with Crippen molar-refractivity contribution in [3.8, 4) is 5.75 Å². The minimum atomic E-state index is 0.344. The van der Waals surface area contributed by atoms with Crippen LogP contribution in [0.5, 0.6) is 5.75 Å². The molecule has 0 heterocycles. The molecule has 3 heteroatoms. The first-order valence-corrected chi connectivity index (χ1v) is 8.38. The van der Waals surface area contributed by atoms with E-state index in [0.29, 0.717) is 6.04 Å². The molecule has 0 aliphatic heterocycles. The van der Waals surface area contributed by atoms with Crippen molar-refractivity contribution in [3.63, 3.8) is 0 Å². The van der Waals surface area contributed by atoms with E-state index in [1.807, 2.05) is 6.92 Å². The van der Waals surface area contributed by atoms with Crippen LogP contribution in [0.4, 0.5) is 0 Å². The van der Waals surface area contributed by atoms with E-state index >= 15 is 0 Å². The van der Waals surface area contributed by atoms with Gasteiger partial charge in [0.15, 0.2) is 0 Å². The van der Waals surface area contributed by atoms with Gasteiger partial charge >= 0.3 is 0 Å². The fourth-order valence-electron chi connectivity index (χ4n) is 2.77. The number of nitrogens with one attached hydrogen (secondary N) is 1. The van der Waals surface area contributed by atoms with E-state index in [0.717, 1.165) is 37.8 Å². The molecule has 2 rings (SSSR count). The molecule has 118 valence electrons. The molecule has 21 heavy (non-hydrogen) atoms. The van der Waals surface area contributed by atoms with Gasteiger partial charge in [0.25, 0.3) is 0 Å². The third-order valence-electron chi connectivity index (χ3n) is 4.00. The summed E-state index contributed by atoms with van der Waals surface area (Å²) in [5, 5.41) is 3.69. The number of likely N-dealkylation sites (N-methyl/N-ethyl adjacent to an activating group) is 1. The second kappa shape index (κ2) is 8.40. The largest absolute Gasteiger partial charge is 0.494 e. The predicted octanol–water partition coefficient (Wildman–Crippen LogP) is 3.47. The number of para-hydroxylation sites is 1. The maximum Gasteiger partial charge on any atom is 0.124 e. The van der Waals surface area contributed by atoms with Gasteiger partial charge in [-0.1, -0.05) is 25.1 Å². The first kappa shape index (κ1) is 16.3. The van der Waals surface area contributed by atoms with Crippen LogP contribution >= 0.6 is 0 Å². The van der Waals surface area contributed by atoms with Crippen LogP contribution in [-0.4, -0.2) is 38.2 Å². The molecule has 1 atom stereocenters. The minimum absolute atomic E-state index is 0.344. The Morgan fingerprint density at radius 2 is 2.05 bits per heavy atom. The molecule has 0 amide bonds. The minimum Gasteiger partial charge on any atom is -0.494 e. The molecule has 1 saturated carbocycles. The van der Waals surface area contributed by atoms with Crippen LogP contribution in [0.15, 0.2) is 24.3 Å². The van der Waals surface area contributed by atoms with E-state index < -0.39 is 0 Å². The maximum atomic E-state index is 5.81. The van der Waals surface area contributed by atoms with Crippen molar-refractivity contribution in [1.82, 2.24) is 10.2 Å². The Hall–Kier alpha value is -1.06. The molecular weight excluding hydrogens is 260 g/mol. The monoisotopic (exact) mass is 290 g/mol. The van der Waals surface area contributed by atoms with E-state index in [2.05, 4.69) is 48.5 Å². The summed E-state index contributed by atoms with van der Waals surface area (Å²) in [5.41, 5.74) is 1.29. The van der Waals surface area contributed by atoms with Crippen LogP contribution in [0, 0.1) is 5.92 Å². The Labute approximate surface area is 129 Å². The van der Waals surface area contributed by atoms with E-state index in [-0.39, 0.29) is 0 Å². The molecule has 0 radical (unpaired) electrons. The lowest BCUT2D eigenvalue weighted by Crippen LogP contribution is -2.34. The van der Waals surface area contributed by atoms with Crippen molar-refractivity contribution in [3.05, 3.63) is 29.8 Å².